The van der Waals surface area contributed by atoms with Crippen molar-refractivity contribution >= 4 is 28.8 Å². The minimum absolute atomic E-state index is 0.00581. The fourth-order valence-corrected chi connectivity index (χ4v) is 5.17. The van der Waals surface area contributed by atoms with E-state index in [4.69, 9.17) is 9.47 Å². The van der Waals surface area contributed by atoms with E-state index in [0.717, 1.165) is 11.4 Å². The average molecular weight is 483 g/mol. The summed E-state index contributed by atoms with van der Waals surface area (Å²) in [7, 11) is 9.09. The van der Waals surface area contributed by atoms with E-state index in [2.05, 4.69) is 4.79 Å². The highest BCUT2D eigenvalue weighted by Gasteiger charge is 2.62. The highest BCUT2D eigenvalue weighted by atomic mass is 16.5. The van der Waals surface area contributed by atoms with Crippen LogP contribution in [-0.2, 0) is 21.4 Å². The van der Waals surface area contributed by atoms with Gasteiger partial charge in [-0.25, -0.2) is 0 Å². The van der Waals surface area contributed by atoms with Gasteiger partial charge in [-0.05, 0) is 23.3 Å². The number of nitrogens with zero attached hydrogens (tertiary/aromatic N) is 4. The predicted octanol–water partition coefficient (Wildman–Crippen LogP) is 3.84. The molecule has 182 valence electrons. The lowest BCUT2D eigenvalue weighted by Crippen LogP contribution is -2.40. The third-order valence-corrected chi connectivity index (χ3v) is 6.97. The van der Waals surface area contributed by atoms with Gasteiger partial charge in [0.2, 0.25) is 0 Å². The zero-order valence-electron chi connectivity index (χ0n) is 20.8. The van der Waals surface area contributed by atoms with E-state index in [1.165, 1.54) is 7.11 Å². The number of benzene rings is 3. The molecule has 8 heteroatoms. The minimum Gasteiger partial charge on any atom is -0.469 e. The summed E-state index contributed by atoms with van der Waals surface area (Å²) in [5.41, 5.74) is 14.0. The Morgan fingerprint density at radius 2 is 1.50 bits per heavy atom. The summed E-state index contributed by atoms with van der Waals surface area (Å²) in [6.45, 7) is 0. The summed E-state index contributed by atoms with van der Waals surface area (Å²) in [5.74, 6) is 0.363. The highest BCUT2D eigenvalue weighted by molar-refractivity contribution is 6.52. The second-order valence-electron chi connectivity index (χ2n) is 9.41. The Morgan fingerprint density at radius 1 is 0.917 bits per heavy atom. The molecule has 0 radical (unpaired) electrons. The van der Waals surface area contributed by atoms with Crippen LogP contribution in [0.25, 0.3) is 5.53 Å². The SMILES string of the molecule is COC(=O)Cc1ccc2c(c1)C1(C(=[N+]=[N-])C2=O)c2ccc(N(C)C)cc2Oc2cc(N(C)C)ccc21. The Labute approximate surface area is 209 Å². The Bertz CT molecular complexity index is 1430. The quantitative estimate of drug-likeness (QED) is 0.319. The van der Waals surface area contributed by atoms with E-state index in [-0.39, 0.29) is 23.9 Å². The summed E-state index contributed by atoms with van der Waals surface area (Å²) < 4.78 is 11.3. The van der Waals surface area contributed by atoms with Gasteiger partial charge >= 0.3 is 11.7 Å². The number of hydrogen-bond acceptors (Lipinski definition) is 6. The van der Waals surface area contributed by atoms with Crippen LogP contribution in [0.15, 0.2) is 54.6 Å². The van der Waals surface area contributed by atoms with Crippen molar-refractivity contribution in [2.45, 2.75) is 11.8 Å². The summed E-state index contributed by atoms with van der Waals surface area (Å²) >= 11 is 0. The van der Waals surface area contributed by atoms with Gasteiger partial charge in [-0.3, -0.25) is 9.59 Å². The van der Waals surface area contributed by atoms with Gasteiger partial charge in [-0.15, -0.1) is 0 Å². The lowest BCUT2D eigenvalue weighted by molar-refractivity contribution is -0.139. The zero-order chi connectivity index (χ0) is 25.8. The third kappa shape index (κ3) is 3.22. The summed E-state index contributed by atoms with van der Waals surface area (Å²) in [6, 6.07) is 16.8. The molecule has 0 N–H and O–H groups in total. The van der Waals surface area contributed by atoms with Crippen LogP contribution in [0.1, 0.15) is 32.6 Å². The average Bonchev–Trinajstić information content (AvgIpc) is 3.10. The largest absolute Gasteiger partial charge is 0.469 e. The molecule has 0 aromatic heterocycles. The molecule has 36 heavy (non-hydrogen) atoms. The molecule has 1 aliphatic carbocycles. The molecule has 2 aliphatic rings. The molecule has 1 aliphatic heterocycles. The number of carbonyl (C=O) groups is 2. The number of methoxy groups -OCH3 is 1. The van der Waals surface area contributed by atoms with Gasteiger partial charge in [0.05, 0.1) is 13.5 Å². The smallest absolute Gasteiger partial charge is 0.358 e. The number of ether oxygens (including phenoxy) is 2. The van der Waals surface area contributed by atoms with Gasteiger partial charge in [-0.1, -0.05) is 30.3 Å². The van der Waals surface area contributed by atoms with E-state index >= 15 is 0 Å². The predicted molar refractivity (Wildman–Crippen MR) is 137 cm³/mol. The summed E-state index contributed by atoms with van der Waals surface area (Å²) in [6.07, 6.45) is 0.0506. The molecule has 0 saturated carbocycles. The number of esters is 1. The number of fused-ring (bicyclic) bond motifs is 6. The monoisotopic (exact) mass is 482 g/mol. The van der Waals surface area contributed by atoms with E-state index in [1.54, 1.807) is 12.1 Å². The number of anilines is 2. The molecule has 0 saturated heterocycles. The van der Waals surface area contributed by atoms with Crippen LogP contribution in [0.3, 0.4) is 0 Å². The Balaban J connectivity index is 1.88. The van der Waals surface area contributed by atoms with Crippen molar-refractivity contribution in [1.29, 1.82) is 0 Å². The van der Waals surface area contributed by atoms with Crippen LogP contribution in [0, 0.1) is 0 Å². The maximum absolute atomic E-state index is 13.6. The first kappa shape index (κ1) is 23.3. The molecular formula is C28H26N4O4. The molecular weight excluding hydrogens is 456 g/mol. The molecule has 0 fully saturated rings. The number of rotatable bonds is 4. The maximum Gasteiger partial charge on any atom is 0.358 e. The van der Waals surface area contributed by atoms with Gasteiger partial charge in [0.15, 0.2) is 5.41 Å². The molecule has 8 nitrogen and oxygen atoms in total. The zero-order valence-corrected chi connectivity index (χ0v) is 20.8. The van der Waals surface area contributed by atoms with Gasteiger partial charge in [-0.2, -0.15) is 4.79 Å². The lowest BCUT2D eigenvalue weighted by atomic mass is 9.67. The second-order valence-corrected chi connectivity index (χ2v) is 9.41. The van der Waals surface area contributed by atoms with Crippen molar-refractivity contribution < 1.29 is 23.9 Å². The highest BCUT2D eigenvalue weighted by Crippen LogP contribution is 2.57. The van der Waals surface area contributed by atoms with E-state index in [0.29, 0.717) is 39.3 Å². The van der Waals surface area contributed by atoms with E-state index < -0.39 is 5.41 Å². The number of carbonyl (C=O) groups excluding carboxylic acids is 2. The van der Waals surface area contributed by atoms with E-state index in [9.17, 15) is 15.1 Å². The first-order valence-corrected chi connectivity index (χ1v) is 11.5. The standard InChI is InChI=1S/C28H26N4O4/c1-31(2)17-7-10-20-23(14-17)36-24-15-18(32(3)4)8-11-21(24)28(20)22-12-16(13-25(33)35-5)6-9-19(22)26(34)27(28)30-29/h6-12,14-15H,13H2,1-5H3. The Kier molecular flexibility index (Phi) is 5.42. The number of Topliss-reactive ketones (excluding diaryl/α,β-unsaturated/α-hetero) is 1. The van der Waals surface area contributed by atoms with Gasteiger partial charge in [0.25, 0.3) is 5.78 Å². The molecule has 0 unspecified atom stereocenters. The van der Waals surface area contributed by atoms with Gasteiger partial charge in [0, 0.05) is 68.4 Å². The van der Waals surface area contributed by atoms with Gasteiger partial charge < -0.3 is 24.8 Å². The lowest BCUT2D eigenvalue weighted by Gasteiger charge is -2.35. The third-order valence-electron chi connectivity index (χ3n) is 6.97. The van der Waals surface area contributed by atoms with Crippen LogP contribution >= 0.6 is 0 Å². The van der Waals surface area contributed by atoms with Crippen LogP contribution in [0.5, 0.6) is 11.5 Å². The van der Waals surface area contributed by atoms with Crippen LogP contribution < -0.4 is 14.5 Å². The minimum atomic E-state index is -1.22. The van der Waals surface area contributed by atoms with Crippen molar-refractivity contribution in [2.24, 2.45) is 0 Å². The first-order valence-electron chi connectivity index (χ1n) is 11.5. The molecule has 0 bridgehead atoms. The topological polar surface area (TPSA) is 95.5 Å². The second kappa shape index (κ2) is 8.36. The fourth-order valence-electron chi connectivity index (χ4n) is 5.17. The van der Waals surface area contributed by atoms with Crippen LogP contribution in [0.4, 0.5) is 11.4 Å². The molecule has 1 heterocycles. The van der Waals surface area contributed by atoms with Crippen molar-refractivity contribution in [1.82, 2.24) is 0 Å². The molecule has 3 aromatic rings. The first-order chi connectivity index (χ1) is 17.2. The Hall–Kier alpha value is -4.42. The number of ketones is 1. The summed E-state index contributed by atoms with van der Waals surface area (Å²) in [4.78, 5) is 33.2. The summed E-state index contributed by atoms with van der Waals surface area (Å²) in [5, 5.41) is 0. The number of hydrogen-bond donors (Lipinski definition) is 0. The maximum atomic E-state index is 13.6. The fraction of sp³-hybridized carbons (Fsp3) is 0.250. The molecule has 0 atom stereocenters. The molecule has 0 amide bonds. The van der Waals surface area contributed by atoms with Crippen molar-refractivity contribution in [3.63, 3.8) is 0 Å². The molecule has 1 spiro atoms. The van der Waals surface area contributed by atoms with Crippen molar-refractivity contribution in [2.75, 3.05) is 45.1 Å². The van der Waals surface area contributed by atoms with Crippen LogP contribution in [-0.4, -0.2) is 57.6 Å². The normalized spacial score (nSPS) is 14.4. The van der Waals surface area contributed by atoms with Crippen molar-refractivity contribution in [3.05, 3.63) is 87.9 Å². The molecule has 3 aromatic carbocycles. The van der Waals surface area contributed by atoms with E-state index in [1.807, 2.05) is 80.5 Å². The molecule has 5 rings (SSSR count). The van der Waals surface area contributed by atoms with Gasteiger partial charge in [0.1, 0.15) is 11.5 Å². The Morgan fingerprint density at radius 3 is 2.00 bits per heavy atom. The van der Waals surface area contributed by atoms with Crippen molar-refractivity contribution in [3.8, 4) is 11.5 Å². The van der Waals surface area contributed by atoms with Crippen LogP contribution in [0.2, 0.25) is 0 Å².